The molecule has 0 aliphatic carbocycles. The fraction of sp³-hybridized carbons (Fsp3) is 0.294. The standard InChI is InChI=1S/C17H18ClN3O5S.ClH/c18-15-4-3-14(27(24,25)21-6-8-26-9-7-21)10-16(15)19-17(23)12-20-5-1-2-13(22)11-20;/h1-5,10-11H,6-9,12H2,(H-,19,22,23);1H. The zero-order chi connectivity index (χ0) is 19.4. The summed E-state index contributed by atoms with van der Waals surface area (Å²) in [6.45, 7) is 1.18. The van der Waals surface area contributed by atoms with Gasteiger partial charge >= 0.3 is 0 Å². The number of rotatable bonds is 5. The van der Waals surface area contributed by atoms with Gasteiger partial charge in [-0.1, -0.05) is 11.6 Å². The van der Waals surface area contributed by atoms with Crippen LogP contribution < -0.4 is 22.3 Å². The number of pyridine rings is 1. The van der Waals surface area contributed by atoms with Gasteiger partial charge in [-0.2, -0.15) is 8.87 Å². The van der Waals surface area contributed by atoms with E-state index in [9.17, 15) is 18.3 Å². The van der Waals surface area contributed by atoms with Gasteiger partial charge in [0, 0.05) is 19.2 Å². The fourth-order valence-corrected chi connectivity index (χ4v) is 4.26. The molecule has 1 saturated heterocycles. The zero-order valence-electron chi connectivity index (χ0n) is 14.7. The second kappa shape index (κ2) is 9.53. The molecule has 28 heavy (non-hydrogen) atoms. The lowest BCUT2D eigenvalue weighted by Gasteiger charge is -2.26. The van der Waals surface area contributed by atoms with Gasteiger partial charge in [-0.25, -0.2) is 8.42 Å². The van der Waals surface area contributed by atoms with Gasteiger partial charge in [0.05, 0.1) is 28.8 Å². The average Bonchev–Trinajstić information content (AvgIpc) is 2.64. The molecule has 1 amide bonds. The van der Waals surface area contributed by atoms with Gasteiger partial charge in [-0.3, -0.25) is 4.79 Å². The van der Waals surface area contributed by atoms with E-state index in [0.717, 1.165) is 0 Å². The Morgan fingerprint density at radius 1 is 1.29 bits per heavy atom. The predicted octanol–water partition coefficient (Wildman–Crippen LogP) is -2.00. The molecule has 152 valence electrons. The summed E-state index contributed by atoms with van der Waals surface area (Å²) in [5.74, 6) is -0.379. The van der Waals surface area contributed by atoms with Gasteiger partial charge in [-0.05, 0) is 24.3 Å². The molecule has 1 aromatic carbocycles. The highest BCUT2D eigenvalue weighted by Crippen LogP contribution is 2.27. The molecular formula is C17H19Cl2N3O5S. The SMILES string of the molecule is O=C(C[n+]1cccc(O)c1)Nc1cc(S(=O)(=O)N2CCOCC2)ccc1Cl.[Cl-]. The second-order valence-corrected chi connectivity index (χ2v) is 8.29. The monoisotopic (exact) mass is 447 g/mol. The van der Waals surface area contributed by atoms with E-state index in [-0.39, 0.29) is 53.4 Å². The number of carbonyl (C=O) groups excluding carboxylic acids is 1. The minimum atomic E-state index is -3.70. The summed E-state index contributed by atoms with van der Waals surface area (Å²) in [5, 5.41) is 12.3. The van der Waals surface area contributed by atoms with Crippen molar-refractivity contribution in [3.8, 4) is 5.75 Å². The number of aromatic nitrogens is 1. The first kappa shape index (κ1) is 22.4. The highest BCUT2D eigenvalue weighted by molar-refractivity contribution is 7.89. The van der Waals surface area contributed by atoms with Crippen LogP contribution in [-0.4, -0.2) is 50.0 Å². The first-order valence-electron chi connectivity index (χ1n) is 8.21. The molecule has 2 N–H and O–H groups in total. The Labute approximate surface area is 174 Å². The second-order valence-electron chi connectivity index (χ2n) is 5.94. The Morgan fingerprint density at radius 3 is 2.68 bits per heavy atom. The minimum absolute atomic E-state index is 0. The topological polar surface area (TPSA) is 99.8 Å². The molecule has 11 heteroatoms. The Balaban J connectivity index is 0.00000280. The summed E-state index contributed by atoms with van der Waals surface area (Å²) in [6.07, 6.45) is 3.03. The van der Waals surface area contributed by atoms with Crippen LogP contribution in [-0.2, 0) is 26.1 Å². The minimum Gasteiger partial charge on any atom is -1.00 e. The van der Waals surface area contributed by atoms with Crippen molar-refractivity contribution in [2.45, 2.75) is 11.4 Å². The Kier molecular flexibility index (Phi) is 7.62. The van der Waals surface area contributed by atoms with Gasteiger partial charge in [0.2, 0.25) is 22.8 Å². The van der Waals surface area contributed by atoms with Gasteiger partial charge < -0.3 is 27.6 Å². The lowest BCUT2D eigenvalue weighted by Crippen LogP contribution is -3.00. The molecule has 2 aromatic rings. The van der Waals surface area contributed by atoms with Crippen molar-refractivity contribution in [1.29, 1.82) is 0 Å². The maximum atomic E-state index is 12.7. The summed E-state index contributed by atoms with van der Waals surface area (Å²) in [7, 11) is -3.70. The van der Waals surface area contributed by atoms with Crippen LogP contribution in [0, 0.1) is 0 Å². The highest BCUT2D eigenvalue weighted by atomic mass is 35.5. The molecule has 1 aliphatic rings. The summed E-state index contributed by atoms with van der Waals surface area (Å²) < 4.78 is 33.5. The lowest BCUT2D eigenvalue weighted by atomic mass is 10.3. The van der Waals surface area contributed by atoms with Gasteiger partial charge in [0.1, 0.15) is 0 Å². The molecule has 8 nitrogen and oxygen atoms in total. The van der Waals surface area contributed by atoms with E-state index in [1.807, 2.05) is 0 Å². The van der Waals surface area contributed by atoms with Gasteiger partial charge in [0.15, 0.2) is 11.9 Å². The molecule has 2 heterocycles. The van der Waals surface area contributed by atoms with Gasteiger partial charge in [-0.15, -0.1) is 0 Å². The smallest absolute Gasteiger partial charge is 0.290 e. The third-order valence-electron chi connectivity index (χ3n) is 3.99. The van der Waals surface area contributed by atoms with Crippen molar-refractivity contribution in [3.63, 3.8) is 0 Å². The number of nitrogens with zero attached hydrogens (tertiary/aromatic N) is 2. The number of aromatic hydroxyl groups is 1. The zero-order valence-corrected chi connectivity index (χ0v) is 17.0. The molecule has 1 aliphatic heterocycles. The molecule has 0 bridgehead atoms. The van der Waals surface area contributed by atoms with Crippen molar-refractivity contribution >= 4 is 33.2 Å². The van der Waals surface area contributed by atoms with Crippen molar-refractivity contribution in [2.75, 3.05) is 31.6 Å². The van der Waals surface area contributed by atoms with Crippen LogP contribution in [0.2, 0.25) is 5.02 Å². The first-order chi connectivity index (χ1) is 12.9. The number of amides is 1. The molecule has 1 aromatic heterocycles. The van der Waals surface area contributed by atoms with Crippen molar-refractivity contribution in [2.24, 2.45) is 0 Å². The number of hydrogen-bond acceptors (Lipinski definition) is 5. The Hall–Kier alpha value is -1.91. The van der Waals surface area contributed by atoms with E-state index in [1.54, 1.807) is 12.3 Å². The van der Waals surface area contributed by atoms with Crippen LogP contribution in [0.4, 0.5) is 5.69 Å². The summed E-state index contributed by atoms with van der Waals surface area (Å²) >= 11 is 6.11. The maximum absolute atomic E-state index is 12.7. The number of hydrogen-bond donors (Lipinski definition) is 2. The number of nitrogens with one attached hydrogen (secondary N) is 1. The van der Waals surface area contributed by atoms with Crippen LogP contribution in [0.25, 0.3) is 0 Å². The van der Waals surface area contributed by atoms with Crippen LogP contribution in [0.1, 0.15) is 0 Å². The van der Waals surface area contributed by atoms with E-state index in [0.29, 0.717) is 13.2 Å². The van der Waals surface area contributed by atoms with Crippen LogP contribution in [0.15, 0.2) is 47.6 Å². The molecule has 0 radical (unpaired) electrons. The average molecular weight is 448 g/mol. The molecule has 0 atom stereocenters. The largest absolute Gasteiger partial charge is 1.00 e. The highest BCUT2D eigenvalue weighted by Gasteiger charge is 2.27. The number of sulfonamides is 1. The molecule has 1 fully saturated rings. The number of halogens is 2. The Bertz CT molecular complexity index is 950. The van der Waals surface area contributed by atoms with Crippen LogP contribution in [0.5, 0.6) is 5.75 Å². The van der Waals surface area contributed by atoms with Crippen LogP contribution >= 0.6 is 11.6 Å². The number of morpholine rings is 1. The molecule has 3 rings (SSSR count). The molecule has 0 unspecified atom stereocenters. The third kappa shape index (κ3) is 5.33. The fourth-order valence-electron chi connectivity index (χ4n) is 2.66. The van der Waals surface area contributed by atoms with Crippen LogP contribution in [0.3, 0.4) is 0 Å². The summed E-state index contributed by atoms with van der Waals surface area (Å²) in [4.78, 5) is 12.3. The van der Waals surface area contributed by atoms with E-state index in [2.05, 4.69) is 5.32 Å². The third-order valence-corrected chi connectivity index (χ3v) is 6.21. The van der Waals surface area contributed by atoms with Crippen molar-refractivity contribution < 1.29 is 40.0 Å². The Morgan fingerprint density at radius 2 is 2.00 bits per heavy atom. The molecule has 0 spiro atoms. The van der Waals surface area contributed by atoms with Crippen molar-refractivity contribution in [1.82, 2.24) is 4.31 Å². The van der Waals surface area contributed by atoms with E-state index >= 15 is 0 Å². The summed E-state index contributed by atoms with van der Waals surface area (Å²) in [5.41, 5.74) is 0.205. The number of carbonyl (C=O) groups is 1. The maximum Gasteiger partial charge on any atom is 0.290 e. The molecular weight excluding hydrogens is 429 g/mol. The number of benzene rings is 1. The van der Waals surface area contributed by atoms with E-state index in [4.69, 9.17) is 16.3 Å². The number of ether oxygens (including phenoxy) is 1. The lowest BCUT2D eigenvalue weighted by molar-refractivity contribution is -0.684. The number of anilines is 1. The van der Waals surface area contributed by atoms with Crippen molar-refractivity contribution in [3.05, 3.63) is 47.7 Å². The normalized spacial score (nSPS) is 14.9. The quantitative estimate of drug-likeness (QED) is 0.516. The first-order valence-corrected chi connectivity index (χ1v) is 10.0. The predicted molar refractivity (Wildman–Crippen MR) is 98.0 cm³/mol. The van der Waals surface area contributed by atoms with Gasteiger partial charge in [0.25, 0.3) is 5.91 Å². The van der Waals surface area contributed by atoms with E-state index in [1.165, 1.54) is 39.3 Å². The van der Waals surface area contributed by atoms with E-state index < -0.39 is 15.9 Å². The summed E-state index contributed by atoms with van der Waals surface area (Å²) in [6, 6.07) is 7.28. The molecule has 0 saturated carbocycles.